The van der Waals surface area contributed by atoms with E-state index in [0.717, 1.165) is 4.73 Å². The summed E-state index contributed by atoms with van der Waals surface area (Å²) in [5.41, 5.74) is 0. The molecule has 0 aromatic carbocycles. The molecule has 0 aliphatic carbocycles. The molecule has 1 rings (SSSR count). The Morgan fingerprint density at radius 3 is 1.91 bits per heavy atom. The second-order valence-electron chi connectivity index (χ2n) is 1.63. The van der Waals surface area contributed by atoms with E-state index in [9.17, 15) is 5.21 Å². The van der Waals surface area contributed by atoms with Crippen molar-refractivity contribution < 1.29 is 32.9 Å². The fourth-order valence-corrected chi connectivity index (χ4v) is 0.383. The van der Waals surface area contributed by atoms with Crippen LogP contribution >= 0.6 is 0 Å². The first kappa shape index (κ1) is 10.0. The van der Waals surface area contributed by atoms with Crippen LogP contribution in [-0.2, 0) is 18.3 Å². The number of hydrogen-bond acceptors (Lipinski definition) is 2. The van der Waals surface area contributed by atoms with Crippen LogP contribution in [-0.4, -0.2) is 9.67 Å². The summed E-state index contributed by atoms with van der Waals surface area (Å²) in [6, 6.07) is 5.18. The minimum atomic E-state index is -0.708. The summed E-state index contributed by atoms with van der Waals surface area (Å²) in [4.78, 5) is 9.06. The number of rotatable bonds is 0. The standard InChI is InChI=1S/C5H5NO.CHO2.Zn/c7-6-4-2-1-3-5-6;2-1-3;/h1-5H;(H,2,3);. The fraction of sp³-hybridized carbons (Fsp3) is 0. The van der Waals surface area contributed by atoms with Crippen LogP contribution < -0.4 is 4.73 Å². The molecule has 11 heavy (non-hydrogen) atoms. The van der Waals surface area contributed by atoms with Crippen molar-refractivity contribution in [3.8, 4) is 0 Å². The van der Waals surface area contributed by atoms with Gasteiger partial charge in [0.1, 0.15) is 0 Å². The van der Waals surface area contributed by atoms with Gasteiger partial charge in [-0.3, -0.25) is 0 Å². The van der Waals surface area contributed by atoms with E-state index in [1.165, 1.54) is 12.4 Å². The number of aromatic nitrogens is 1. The Bertz CT molecular complexity index is 210. The van der Waals surface area contributed by atoms with E-state index in [1.807, 2.05) is 0 Å². The van der Waals surface area contributed by atoms with Crippen LogP contribution in [0.3, 0.4) is 0 Å². The third-order valence-electron chi connectivity index (χ3n) is 0.688. The number of carboxylic acid groups (broad SMARTS) is 1. The molecule has 0 unspecified atom stereocenters. The van der Waals surface area contributed by atoms with E-state index in [2.05, 4.69) is 0 Å². The maximum atomic E-state index is 10.2. The Morgan fingerprint density at radius 2 is 1.73 bits per heavy atom. The van der Waals surface area contributed by atoms with Crippen molar-refractivity contribution in [3.63, 3.8) is 0 Å². The van der Waals surface area contributed by atoms with Crippen molar-refractivity contribution in [2.45, 2.75) is 0 Å². The van der Waals surface area contributed by atoms with Crippen molar-refractivity contribution in [3.05, 3.63) is 35.8 Å². The normalized spacial score (nSPS) is 7.82. The molecule has 0 bridgehead atoms. The van der Waals surface area contributed by atoms with Crippen molar-refractivity contribution in [1.29, 1.82) is 0 Å². The van der Waals surface area contributed by atoms with Crippen LogP contribution in [0.5, 0.6) is 0 Å². The second-order valence-corrected chi connectivity index (χ2v) is 2.90. The van der Waals surface area contributed by atoms with Crippen LogP contribution in [0.4, 0.5) is 4.79 Å². The zero-order valence-electron chi connectivity index (χ0n) is 5.80. The zero-order valence-corrected chi connectivity index (χ0v) is 8.77. The van der Waals surface area contributed by atoms with Gasteiger partial charge in [0.15, 0.2) is 12.4 Å². The number of hydrogen-bond donors (Lipinski definition) is 1. The maximum absolute atomic E-state index is 10.2. The molecule has 5 heteroatoms. The molecule has 0 atom stereocenters. The van der Waals surface area contributed by atoms with E-state index in [-0.39, 0.29) is 0 Å². The topological polar surface area (TPSA) is 64.2 Å². The molecule has 1 N–H and O–H groups in total. The first-order valence-corrected chi connectivity index (χ1v) is 4.30. The Labute approximate surface area is 73.7 Å². The van der Waals surface area contributed by atoms with Gasteiger partial charge in [0.25, 0.3) is 0 Å². The van der Waals surface area contributed by atoms with Crippen molar-refractivity contribution in [2.75, 3.05) is 0 Å². The average Bonchev–Trinajstić information content (AvgIpc) is 1.87. The van der Waals surface area contributed by atoms with Gasteiger partial charge in [0.05, 0.1) is 0 Å². The molecule has 0 spiro atoms. The minimum Gasteiger partial charge on any atom is -0.619 e. The summed E-state index contributed by atoms with van der Waals surface area (Å²) < 4.78 is 0.0417. The SMILES string of the molecule is O=[C](O)[Zn].[O-][n+]1ccccc1. The molecule has 0 amide bonds. The first-order chi connectivity index (χ1) is 5.13. The molecule has 4 nitrogen and oxygen atoms in total. The van der Waals surface area contributed by atoms with Crippen LogP contribution in [0.25, 0.3) is 0 Å². The fourth-order valence-electron chi connectivity index (χ4n) is 0.383. The zero-order chi connectivity index (χ0) is 8.69. The van der Waals surface area contributed by atoms with Gasteiger partial charge in [0.2, 0.25) is 0 Å². The maximum Gasteiger partial charge on any atom is 0.180 e. The van der Waals surface area contributed by atoms with Gasteiger partial charge in [-0.2, -0.15) is 4.73 Å². The summed E-state index contributed by atoms with van der Waals surface area (Å²) in [7, 11) is 0. The minimum absolute atomic E-state index is 0.347. The van der Waals surface area contributed by atoms with E-state index in [0.29, 0.717) is 18.3 Å². The van der Waals surface area contributed by atoms with Crippen LogP contribution in [0.1, 0.15) is 0 Å². The van der Waals surface area contributed by atoms with E-state index in [4.69, 9.17) is 9.90 Å². The molecule has 0 fully saturated rings. The van der Waals surface area contributed by atoms with E-state index in [1.54, 1.807) is 18.2 Å². The van der Waals surface area contributed by atoms with Crippen LogP contribution in [0.2, 0.25) is 0 Å². The quantitative estimate of drug-likeness (QED) is 0.382. The molecule has 1 heterocycles. The molecular weight excluding hydrogens is 199 g/mol. The van der Waals surface area contributed by atoms with Gasteiger partial charge in [-0.25, -0.2) is 0 Å². The van der Waals surface area contributed by atoms with Gasteiger partial charge in [0, 0.05) is 12.1 Å². The van der Waals surface area contributed by atoms with E-state index >= 15 is 0 Å². The Balaban J connectivity index is 0.000000218. The largest absolute Gasteiger partial charge is 0.619 e. The van der Waals surface area contributed by atoms with Gasteiger partial charge in [-0.05, 0) is 0 Å². The first-order valence-electron chi connectivity index (χ1n) is 2.81. The third kappa shape index (κ3) is 9.04. The predicted molar refractivity (Wildman–Crippen MR) is 33.4 cm³/mol. The van der Waals surface area contributed by atoms with Crippen molar-refractivity contribution in [2.24, 2.45) is 0 Å². The summed E-state index contributed by atoms with van der Waals surface area (Å²) >= 11 is 0.347. The van der Waals surface area contributed by atoms with Gasteiger partial charge in [-0.15, -0.1) is 0 Å². The molecule has 0 aliphatic heterocycles. The van der Waals surface area contributed by atoms with Gasteiger partial charge >= 0.3 is 32.8 Å². The molecule has 55 valence electrons. The molecule has 1 aromatic heterocycles. The Morgan fingerprint density at radius 1 is 1.36 bits per heavy atom. The second kappa shape index (κ2) is 5.80. The summed E-state index contributed by atoms with van der Waals surface area (Å²) in [5.74, 6) is 0. The number of carbonyl (C=O) groups is 1. The number of pyridine rings is 1. The molecule has 0 saturated carbocycles. The predicted octanol–water partition coefficient (Wildman–Crippen LogP) is 0.531. The Kier molecular flexibility index (Phi) is 5.30. The summed E-state index contributed by atoms with van der Waals surface area (Å²) in [6.07, 6.45) is 2.89. The molecular formula is C6H6NO3Zn. The van der Waals surface area contributed by atoms with Gasteiger partial charge in [-0.1, -0.05) is 6.07 Å². The summed E-state index contributed by atoms with van der Waals surface area (Å²) in [6.45, 7) is 0. The molecule has 1 aromatic rings. The molecule has 0 aliphatic rings. The van der Waals surface area contributed by atoms with Crippen molar-refractivity contribution >= 4 is 4.56 Å². The monoisotopic (exact) mass is 204 g/mol. The van der Waals surface area contributed by atoms with Crippen LogP contribution in [0.15, 0.2) is 30.6 Å². The molecule has 0 saturated heterocycles. The van der Waals surface area contributed by atoms with Gasteiger partial charge < -0.3 is 5.21 Å². The Hall–Kier alpha value is -0.957. The summed E-state index contributed by atoms with van der Waals surface area (Å²) in [5, 5.41) is 17.7. The van der Waals surface area contributed by atoms with Crippen LogP contribution in [0, 0.1) is 5.21 Å². The molecule has 0 radical (unpaired) electrons. The average molecular weight is 206 g/mol. The van der Waals surface area contributed by atoms with Crippen molar-refractivity contribution in [1.82, 2.24) is 0 Å². The van der Waals surface area contributed by atoms with E-state index < -0.39 is 4.56 Å². The number of nitrogens with zero attached hydrogens (tertiary/aromatic N) is 1. The third-order valence-corrected chi connectivity index (χ3v) is 0.688. The smallest absolute Gasteiger partial charge is 0.180 e.